The summed E-state index contributed by atoms with van der Waals surface area (Å²) in [7, 11) is 0. The fourth-order valence-electron chi connectivity index (χ4n) is 1.32. The van der Waals surface area contributed by atoms with Crippen LogP contribution >= 0.6 is 0 Å². The summed E-state index contributed by atoms with van der Waals surface area (Å²) >= 11 is 0. The monoisotopic (exact) mass is 212 g/mol. The summed E-state index contributed by atoms with van der Waals surface area (Å²) < 4.78 is 0. The van der Waals surface area contributed by atoms with E-state index in [2.05, 4.69) is 24.1 Å². The van der Waals surface area contributed by atoms with Crippen LogP contribution in [0.1, 0.15) is 39.0 Å². The van der Waals surface area contributed by atoms with E-state index in [0.717, 1.165) is 13.1 Å². The van der Waals surface area contributed by atoms with Crippen LogP contribution in [0.5, 0.6) is 0 Å². The van der Waals surface area contributed by atoms with Crippen LogP contribution in [0.3, 0.4) is 0 Å². The van der Waals surface area contributed by atoms with Crippen LogP contribution < -0.4 is 10.6 Å². The summed E-state index contributed by atoms with van der Waals surface area (Å²) in [6.07, 6.45) is 7.81. The molecule has 88 valence electrons. The van der Waals surface area contributed by atoms with Crippen molar-refractivity contribution < 1.29 is 4.79 Å². The molecule has 0 aliphatic heterocycles. The largest absolute Gasteiger partial charge is 0.351 e. The molecule has 0 saturated carbocycles. The average Bonchev–Trinajstić information content (AvgIpc) is 2.26. The Morgan fingerprint density at radius 2 is 1.87 bits per heavy atom. The van der Waals surface area contributed by atoms with Gasteiger partial charge in [0.2, 0.25) is 5.91 Å². The van der Waals surface area contributed by atoms with E-state index in [1.54, 1.807) is 0 Å². The molecule has 0 bridgehead atoms. The van der Waals surface area contributed by atoms with E-state index in [1.807, 2.05) is 0 Å². The maximum absolute atomic E-state index is 10.8. The van der Waals surface area contributed by atoms with Crippen LogP contribution in [0.15, 0.2) is 12.7 Å². The van der Waals surface area contributed by atoms with Gasteiger partial charge < -0.3 is 10.6 Å². The first-order valence-corrected chi connectivity index (χ1v) is 5.92. The quantitative estimate of drug-likeness (QED) is 0.428. The Balaban J connectivity index is 2.98. The van der Waals surface area contributed by atoms with Crippen molar-refractivity contribution in [2.24, 2.45) is 0 Å². The van der Waals surface area contributed by atoms with E-state index in [1.165, 1.54) is 38.2 Å². The van der Waals surface area contributed by atoms with Gasteiger partial charge in [-0.05, 0) is 19.0 Å². The predicted molar refractivity (Wildman–Crippen MR) is 64.8 cm³/mol. The Labute approximate surface area is 93.3 Å². The summed E-state index contributed by atoms with van der Waals surface area (Å²) in [6, 6.07) is 0. The molecule has 0 aromatic carbocycles. The van der Waals surface area contributed by atoms with Gasteiger partial charge in [-0.2, -0.15) is 0 Å². The van der Waals surface area contributed by atoms with Crippen LogP contribution in [0.2, 0.25) is 0 Å². The van der Waals surface area contributed by atoms with Gasteiger partial charge in [-0.3, -0.25) is 4.79 Å². The van der Waals surface area contributed by atoms with E-state index in [-0.39, 0.29) is 5.91 Å². The highest BCUT2D eigenvalue weighted by Gasteiger charge is 1.92. The average molecular weight is 212 g/mol. The first-order valence-electron chi connectivity index (χ1n) is 5.92. The smallest absolute Gasteiger partial charge is 0.243 e. The Hall–Kier alpha value is -0.830. The molecule has 1 amide bonds. The second-order valence-electron chi connectivity index (χ2n) is 3.66. The highest BCUT2D eigenvalue weighted by Crippen LogP contribution is 2.00. The van der Waals surface area contributed by atoms with Crippen molar-refractivity contribution in [1.82, 2.24) is 10.6 Å². The maximum Gasteiger partial charge on any atom is 0.243 e. The number of nitrogens with one attached hydrogen (secondary N) is 2. The van der Waals surface area contributed by atoms with Crippen molar-refractivity contribution in [1.29, 1.82) is 0 Å². The normalized spacial score (nSPS) is 9.93. The third kappa shape index (κ3) is 11.1. The number of carbonyl (C=O) groups is 1. The molecule has 0 heterocycles. The lowest BCUT2D eigenvalue weighted by molar-refractivity contribution is -0.116. The molecule has 2 N–H and O–H groups in total. The number of carbonyl (C=O) groups excluding carboxylic acids is 1. The van der Waals surface area contributed by atoms with Gasteiger partial charge in [0.05, 0.1) is 0 Å². The number of amides is 1. The molecular formula is C12H24N2O. The number of hydrogen-bond donors (Lipinski definition) is 2. The molecule has 0 radical (unpaired) electrons. The molecule has 0 fully saturated rings. The zero-order valence-corrected chi connectivity index (χ0v) is 9.85. The second kappa shape index (κ2) is 11.2. The van der Waals surface area contributed by atoms with Crippen LogP contribution in [0, 0.1) is 0 Å². The minimum atomic E-state index is -0.0975. The zero-order chi connectivity index (χ0) is 11.4. The highest BCUT2D eigenvalue weighted by molar-refractivity contribution is 5.86. The van der Waals surface area contributed by atoms with Crippen LogP contribution in [-0.2, 0) is 4.79 Å². The van der Waals surface area contributed by atoms with E-state index >= 15 is 0 Å². The van der Waals surface area contributed by atoms with Gasteiger partial charge in [0.1, 0.15) is 0 Å². The van der Waals surface area contributed by atoms with Gasteiger partial charge in [-0.25, -0.2) is 0 Å². The number of hydrogen-bond acceptors (Lipinski definition) is 2. The summed E-state index contributed by atoms with van der Waals surface area (Å²) in [5, 5.41) is 6.02. The van der Waals surface area contributed by atoms with E-state index in [0.29, 0.717) is 6.54 Å². The van der Waals surface area contributed by atoms with Crippen molar-refractivity contribution in [3.05, 3.63) is 12.7 Å². The first kappa shape index (κ1) is 14.2. The molecule has 0 aromatic rings. The Morgan fingerprint density at radius 1 is 1.13 bits per heavy atom. The molecule has 0 unspecified atom stereocenters. The van der Waals surface area contributed by atoms with Crippen LogP contribution in [0.4, 0.5) is 0 Å². The van der Waals surface area contributed by atoms with Gasteiger partial charge in [0.25, 0.3) is 0 Å². The Kier molecular flexibility index (Phi) is 10.6. The molecule has 0 aromatic heterocycles. The van der Waals surface area contributed by atoms with Crippen molar-refractivity contribution in [2.75, 3.05) is 19.6 Å². The molecule has 0 spiro atoms. The minimum absolute atomic E-state index is 0.0975. The number of unbranched alkanes of at least 4 members (excludes halogenated alkanes) is 4. The van der Waals surface area contributed by atoms with Crippen molar-refractivity contribution in [2.45, 2.75) is 39.0 Å². The first-order chi connectivity index (χ1) is 7.31. The molecule has 15 heavy (non-hydrogen) atoms. The third-order valence-corrected chi connectivity index (χ3v) is 2.24. The van der Waals surface area contributed by atoms with E-state index in [9.17, 15) is 4.79 Å². The molecule has 0 rings (SSSR count). The fraction of sp³-hybridized carbons (Fsp3) is 0.750. The van der Waals surface area contributed by atoms with Crippen LogP contribution in [0.25, 0.3) is 0 Å². The standard InChI is InChI=1S/C12H24N2O/c1-3-5-6-7-8-9-13-10-11-14-12(15)4-2/h4,13H,2-3,5-11H2,1H3,(H,14,15). The van der Waals surface area contributed by atoms with Crippen molar-refractivity contribution in [3.8, 4) is 0 Å². The molecule has 3 heteroatoms. The summed E-state index contributed by atoms with van der Waals surface area (Å²) in [4.78, 5) is 10.8. The predicted octanol–water partition coefficient (Wildman–Crippen LogP) is 1.85. The molecule has 0 aliphatic rings. The highest BCUT2D eigenvalue weighted by atomic mass is 16.1. The van der Waals surface area contributed by atoms with Crippen LogP contribution in [-0.4, -0.2) is 25.5 Å². The van der Waals surface area contributed by atoms with Crippen molar-refractivity contribution in [3.63, 3.8) is 0 Å². The van der Waals surface area contributed by atoms with Gasteiger partial charge in [-0.1, -0.05) is 39.2 Å². The van der Waals surface area contributed by atoms with E-state index in [4.69, 9.17) is 0 Å². The molecular weight excluding hydrogens is 188 g/mol. The lowest BCUT2D eigenvalue weighted by Crippen LogP contribution is -2.31. The fourth-order valence-corrected chi connectivity index (χ4v) is 1.32. The Bertz CT molecular complexity index is 169. The summed E-state index contributed by atoms with van der Waals surface area (Å²) in [6.45, 7) is 8.18. The summed E-state index contributed by atoms with van der Waals surface area (Å²) in [5.41, 5.74) is 0. The maximum atomic E-state index is 10.8. The molecule has 3 nitrogen and oxygen atoms in total. The van der Waals surface area contributed by atoms with Gasteiger partial charge in [0, 0.05) is 13.1 Å². The third-order valence-electron chi connectivity index (χ3n) is 2.24. The molecule has 0 atom stereocenters. The lowest BCUT2D eigenvalue weighted by Gasteiger charge is -2.04. The number of rotatable bonds is 10. The lowest BCUT2D eigenvalue weighted by atomic mass is 10.1. The topological polar surface area (TPSA) is 41.1 Å². The Morgan fingerprint density at radius 3 is 2.53 bits per heavy atom. The summed E-state index contributed by atoms with van der Waals surface area (Å²) in [5.74, 6) is -0.0975. The molecule has 0 saturated heterocycles. The van der Waals surface area contributed by atoms with E-state index < -0.39 is 0 Å². The zero-order valence-electron chi connectivity index (χ0n) is 9.85. The minimum Gasteiger partial charge on any atom is -0.351 e. The van der Waals surface area contributed by atoms with Gasteiger partial charge in [-0.15, -0.1) is 0 Å². The second-order valence-corrected chi connectivity index (χ2v) is 3.66. The molecule has 0 aliphatic carbocycles. The van der Waals surface area contributed by atoms with Gasteiger partial charge >= 0.3 is 0 Å². The van der Waals surface area contributed by atoms with Crippen molar-refractivity contribution >= 4 is 5.91 Å². The van der Waals surface area contributed by atoms with Gasteiger partial charge in [0.15, 0.2) is 0 Å². The SMILES string of the molecule is C=CC(=O)NCCNCCCCCCC.